The Hall–Kier alpha value is -1.02. The lowest BCUT2D eigenvalue weighted by molar-refractivity contribution is 0.192. The van der Waals surface area contributed by atoms with Crippen LogP contribution >= 0.6 is 0 Å². The molecule has 1 aromatic heterocycles. The fourth-order valence-electron chi connectivity index (χ4n) is 2.04. The van der Waals surface area contributed by atoms with Gasteiger partial charge in [0.1, 0.15) is 0 Å². The zero-order valence-corrected chi connectivity index (χ0v) is 11.0. The molecule has 2 heterocycles. The van der Waals surface area contributed by atoms with Crippen molar-refractivity contribution in [2.24, 2.45) is 5.73 Å². The van der Waals surface area contributed by atoms with Crippen molar-refractivity contribution in [3.63, 3.8) is 0 Å². The van der Waals surface area contributed by atoms with Crippen LogP contribution in [0.1, 0.15) is 0 Å². The largest absolute Gasteiger partial charge is 0.329 e. The molecule has 2 rings (SSSR count). The normalized spacial score (nSPS) is 18.9. The van der Waals surface area contributed by atoms with Crippen LogP contribution in [0.4, 0.5) is 0 Å². The van der Waals surface area contributed by atoms with Crippen LogP contribution in [-0.4, -0.2) is 61.9 Å². The maximum atomic E-state index is 12.3. The smallest absolute Gasteiger partial charge is 0.243 e. The summed E-state index contributed by atoms with van der Waals surface area (Å²) in [5.41, 5.74) is 5.49. The van der Waals surface area contributed by atoms with Gasteiger partial charge in [0.2, 0.25) is 10.0 Å². The van der Waals surface area contributed by atoms with Crippen molar-refractivity contribution in [1.82, 2.24) is 14.2 Å². The van der Waals surface area contributed by atoms with E-state index in [1.54, 1.807) is 0 Å². The molecule has 18 heavy (non-hydrogen) atoms. The first kappa shape index (κ1) is 13.4. The maximum Gasteiger partial charge on any atom is 0.243 e. The van der Waals surface area contributed by atoms with Gasteiger partial charge in [-0.05, 0) is 12.1 Å². The first-order valence-electron chi connectivity index (χ1n) is 5.97. The monoisotopic (exact) mass is 270 g/mol. The van der Waals surface area contributed by atoms with E-state index in [1.165, 1.54) is 28.8 Å². The highest BCUT2D eigenvalue weighted by Crippen LogP contribution is 2.16. The van der Waals surface area contributed by atoms with Gasteiger partial charge in [-0.2, -0.15) is 4.31 Å². The van der Waals surface area contributed by atoms with E-state index in [-0.39, 0.29) is 0 Å². The lowest BCUT2D eigenvalue weighted by Crippen LogP contribution is -2.49. The first-order chi connectivity index (χ1) is 8.64. The highest BCUT2D eigenvalue weighted by atomic mass is 32.2. The van der Waals surface area contributed by atoms with Crippen molar-refractivity contribution < 1.29 is 8.42 Å². The number of pyridine rings is 1. The summed E-state index contributed by atoms with van der Waals surface area (Å²) in [4.78, 5) is 6.32. The topological polar surface area (TPSA) is 79.5 Å². The predicted molar refractivity (Wildman–Crippen MR) is 68.5 cm³/mol. The number of hydrogen-bond donors (Lipinski definition) is 1. The summed E-state index contributed by atoms with van der Waals surface area (Å²) in [7, 11) is -3.36. The molecule has 1 saturated heterocycles. The molecule has 0 radical (unpaired) electrons. The molecule has 0 spiro atoms. The van der Waals surface area contributed by atoms with Gasteiger partial charge in [0, 0.05) is 51.7 Å². The molecule has 0 unspecified atom stereocenters. The highest BCUT2D eigenvalue weighted by molar-refractivity contribution is 7.89. The number of piperazine rings is 1. The minimum atomic E-state index is -3.36. The van der Waals surface area contributed by atoms with Gasteiger partial charge in [-0.15, -0.1) is 0 Å². The van der Waals surface area contributed by atoms with Crippen LogP contribution in [0.15, 0.2) is 29.4 Å². The molecule has 1 fully saturated rings. The molecular formula is C11H18N4O2S. The van der Waals surface area contributed by atoms with E-state index in [0.29, 0.717) is 24.5 Å². The molecular weight excluding hydrogens is 252 g/mol. The van der Waals surface area contributed by atoms with Gasteiger partial charge >= 0.3 is 0 Å². The Labute approximate surface area is 107 Å². The van der Waals surface area contributed by atoms with Crippen molar-refractivity contribution in [2.75, 3.05) is 39.3 Å². The Morgan fingerprint density at radius 3 is 2.33 bits per heavy atom. The summed E-state index contributed by atoms with van der Waals surface area (Å²) < 4.78 is 26.1. The van der Waals surface area contributed by atoms with Crippen molar-refractivity contribution >= 4 is 10.0 Å². The summed E-state index contributed by atoms with van der Waals surface area (Å²) in [5.74, 6) is 0. The van der Waals surface area contributed by atoms with Crippen molar-refractivity contribution in [1.29, 1.82) is 0 Å². The molecule has 100 valence electrons. The Morgan fingerprint density at radius 2 is 1.78 bits per heavy atom. The molecule has 0 atom stereocenters. The molecule has 0 amide bonds. The van der Waals surface area contributed by atoms with Crippen LogP contribution in [0.3, 0.4) is 0 Å². The lowest BCUT2D eigenvalue weighted by Gasteiger charge is -2.33. The lowest BCUT2D eigenvalue weighted by atomic mass is 10.3. The van der Waals surface area contributed by atoms with Gasteiger partial charge in [-0.1, -0.05) is 0 Å². The van der Waals surface area contributed by atoms with Crippen molar-refractivity contribution in [2.45, 2.75) is 4.90 Å². The summed E-state index contributed by atoms with van der Waals surface area (Å²) in [5, 5.41) is 0. The van der Waals surface area contributed by atoms with Crippen molar-refractivity contribution in [3.05, 3.63) is 24.5 Å². The van der Waals surface area contributed by atoms with Crippen LogP contribution in [0, 0.1) is 0 Å². The number of aromatic nitrogens is 1. The van der Waals surface area contributed by atoms with Crippen LogP contribution < -0.4 is 5.73 Å². The molecule has 1 aliphatic heterocycles. The predicted octanol–water partition coefficient (Wildman–Crippen LogP) is -0.653. The zero-order valence-electron chi connectivity index (χ0n) is 10.2. The third-order valence-corrected chi connectivity index (χ3v) is 4.98. The van der Waals surface area contributed by atoms with Crippen LogP contribution in [-0.2, 0) is 10.0 Å². The molecule has 0 aliphatic carbocycles. The van der Waals surface area contributed by atoms with E-state index in [1.807, 2.05) is 0 Å². The second-order valence-electron chi connectivity index (χ2n) is 4.22. The number of hydrogen-bond acceptors (Lipinski definition) is 5. The summed E-state index contributed by atoms with van der Waals surface area (Å²) in [6, 6.07) is 3.06. The highest BCUT2D eigenvalue weighted by Gasteiger charge is 2.27. The summed E-state index contributed by atoms with van der Waals surface area (Å²) >= 11 is 0. The van der Waals surface area contributed by atoms with Crippen LogP contribution in [0.25, 0.3) is 0 Å². The molecule has 7 heteroatoms. The second-order valence-corrected chi connectivity index (χ2v) is 6.16. The number of rotatable bonds is 4. The van der Waals surface area contributed by atoms with Crippen LogP contribution in [0.2, 0.25) is 0 Å². The Balaban J connectivity index is 2.05. The Bertz CT molecular complexity index is 469. The average molecular weight is 270 g/mol. The third-order valence-electron chi connectivity index (χ3n) is 3.06. The number of nitrogens with two attached hydrogens (primary N) is 1. The van der Waals surface area contributed by atoms with E-state index < -0.39 is 10.0 Å². The second kappa shape index (κ2) is 5.75. The van der Waals surface area contributed by atoms with E-state index in [0.717, 1.165) is 19.6 Å². The van der Waals surface area contributed by atoms with Gasteiger partial charge in [0.05, 0.1) is 4.90 Å². The number of nitrogens with zero attached hydrogens (tertiary/aromatic N) is 3. The molecule has 2 N–H and O–H groups in total. The molecule has 1 aliphatic rings. The fraction of sp³-hybridized carbons (Fsp3) is 0.545. The van der Waals surface area contributed by atoms with Gasteiger partial charge in [-0.25, -0.2) is 8.42 Å². The SMILES string of the molecule is NCCN1CCN(S(=O)(=O)c2ccncc2)CC1. The number of sulfonamides is 1. The van der Waals surface area contributed by atoms with Gasteiger partial charge in [0.25, 0.3) is 0 Å². The van der Waals surface area contributed by atoms with E-state index in [9.17, 15) is 8.42 Å². The average Bonchev–Trinajstić information content (AvgIpc) is 2.41. The third kappa shape index (κ3) is 2.86. The fourth-order valence-corrected chi connectivity index (χ4v) is 3.44. The minimum absolute atomic E-state index is 0.310. The zero-order chi connectivity index (χ0) is 13.0. The van der Waals surface area contributed by atoms with Gasteiger partial charge in [-0.3, -0.25) is 9.88 Å². The van der Waals surface area contributed by atoms with E-state index in [4.69, 9.17) is 5.73 Å². The molecule has 0 bridgehead atoms. The van der Waals surface area contributed by atoms with Gasteiger partial charge < -0.3 is 5.73 Å². The molecule has 6 nitrogen and oxygen atoms in total. The van der Waals surface area contributed by atoms with E-state index >= 15 is 0 Å². The molecule has 0 saturated carbocycles. The maximum absolute atomic E-state index is 12.3. The molecule has 1 aromatic rings. The standard InChI is InChI=1S/C11H18N4O2S/c12-3-6-14-7-9-15(10-8-14)18(16,17)11-1-4-13-5-2-11/h1-2,4-5H,3,6-10,12H2. The Kier molecular flexibility index (Phi) is 4.28. The van der Waals surface area contributed by atoms with E-state index in [2.05, 4.69) is 9.88 Å². The van der Waals surface area contributed by atoms with Crippen molar-refractivity contribution in [3.8, 4) is 0 Å². The summed E-state index contributed by atoms with van der Waals surface area (Å²) in [6.07, 6.45) is 3.00. The quantitative estimate of drug-likeness (QED) is 0.786. The molecule has 0 aromatic carbocycles. The van der Waals surface area contributed by atoms with Gasteiger partial charge in [0.15, 0.2) is 0 Å². The van der Waals surface area contributed by atoms with Crippen LogP contribution in [0.5, 0.6) is 0 Å². The summed E-state index contributed by atoms with van der Waals surface area (Å²) in [6.45, 7) is 3.94. The Morgan fingerprint density at radius 1 is 1.17 bits per heavy atom. The first-order valence-corrected chi connectivity index (χ1v) is 7.41. The minimum Gasteiger partial charge on any atom is -0.329 e.